The van der Waals surface area contributed by atoms with Crippen LogP contribution < -0.4 is 5.32 Å². The summed E-state index contributed by atoms with van der Waals surface area (Å²) in [5, 5.41) is 16.3. The first-order valence-electron chi connectivity index (χ1n) is 8.52. The number of aromatic nitrogens is 1. The molecule has 1 atom stereocenters. The van der Waals surface area contributed by atoms with Crippen LogP contribution in [-0.2, 0) is 15.8 Å². The third-order valence-corrected chi connectivity index (χ3v) is 5.28. The van der Waals surface area contributed by atoms with Gasteiger partial charge in [-0.3, -0.25) is 9.69 Å². The normalized spacial score (nSPS) is 21.4. The highest BCUT2D eigenvalue weighted by Crippen LogP contribution is 2.31. The van der Waals surface area contributed by atoms with Gasteiger partial charge >= 0.3 is 0 Å². The molecule has 2 heterocycles. The van der Waals surface area contributed by atoms with Gasteiger partial charge in [-0.2, -0.15) is 0 Å². The molecule has 1 aliphatic rings. The van der Waals surface area contributed by atoms with E-state index in [1.54, 1.807) is 0 Å². The molecule has 1 saturated heterocycles. The van der Waals surface area contributed by atoms with Crippen LogP contribution in [0.25, 0.3) is 0 Å². The molecule has 1 unspecified atom stereocenters. The summed E-state index contributed by atoms with van der Waals surface area (Å²) in [6.45, 7) is 7.73. The van der Waals surface area contributed by atoms with E-state index in [1.165, 1.54) is 11.3 Å². The molecule has 6 heteroatoms. The minimum Gasteiger partial charge on any atom is -0.384 e. The van der Waals surface area contributed by atoms with Crippen LogP contribution in [0.15, 0.2) is 35.7 Å². The van der Waals surface area contributed by atoms with E-state index in [9.17, 15) is 9.90 Å². The van der Waals surface area contributed by atoms with Crippen molar-refractivity contribution < 1.29 is 9.90 Å². The number of carbonyl (C=O) groups excluding carboxylic acids is 1. The summed E-state index contributed by atoms with van der Waals surface area (Å²) in [4.78, 5) is 18.8. The molecular weight excluding hydrogens is 334 g/mol. The van der Waals surface area contributed by atoms with Crippen molar-refractivity contribution in [1.29, 1.82) is 0 Å². The Morgan fingerprint density at radius 3 is 2.72 bits per heavy atom. The monoisotopic (exact) mass is 359 g/mol. The number of likely N-dealkylation sites (tertiary alicyclic amines) is 1. The smallest absolute Gasteiger partial charge is 0.240 e. The number of β-amino-alcohol motifs (C(OH)–C–C–N with tert-alkyl or cyclic N) is 1. The number of carbonyl (C=O) groups is 1. The van der Waals surface area contributed by atoms with E-state index in [1.807, 2.05) is 40.6 Å². The van der Waals surface area contributed by atoms with Crippen molar-refractivity contribution in [2.75, 3.05) is 25.0 Å². The van der Waals surface area contributed by atoms with Gasteiger partial charge in [-0.05, 0) is 12.0 Å². The molecule has 1 fully saturated rings. The number of anilines is 1. The zero-order valence-electron chi connectivity index (χ0n) is 15.0. The fraction of sp³-hybridized carbons (Fsp3) is 0.474. The minimum atomic E-state index is -0.873. The predicted molar refractivity (Wildman–Crippen MR) is 101 cm³/mol. The molecule has 134 valence electrons. The molecule has 0 aliphatic carbocycles. The lowest BCUT2D eigenvalue weighted by Crippen LogP contribution is -2.35. The third kappa shape index (κ3) is 4.26. The van der Waals surface area contributed by atoms with Gasteiger partial charge in [0.05, 0.1) is 12.2 Å². The molecule has 2 N–H and O–H groups in total. The van der Waals surface area contributed by atoms with Crippen LogP contribution in [-0.4, -0.2) is 40.5 Å². The van der Waals surface area contributed by atoms with Crippen molar-refractivity contribution in [2.24, 2.45) is 0 Å². The second kappa shape index (κ2) is 6.86. The Morgan fingerprint density at radius 2 is 2.08 bits per heavy atom. The molecule has 1 aromatic heterocycles. The quantitative estimate of drug-likeness (QED) is 0.881. The van der Waals surface area contributed by atoms with Crippen LogP contribution in [0, 0.1) is 0 Å². The van der Waals surface area contributed by atoms with E-state index in [0.717, 1.165) is 11.3 Å². The average Bonchev–Trinajstić information content (AvgIpc) is 3.16. The molecule has 1 amide bonds. The molecule has 0 bridgehead atoms. The lowest BCUT2D eigenvalue weighted by atomic mass is 9.93. The highest BCUT2D eigenvalue weighted by molar-refractivity contribution is 7.13. The largest absolute Gasteiger partial charge is 0.384 e. The zero-order valence-corrected chi connectivity index (χ0v) is 15.8. The minimum absolute atomic E-state index is 0.0272. The molecule has 0 radical (unpaired) electrons. The van der Waals surface area contributed by atoms with Gasteiger partial charge in [-0.15, -0.1) is 11.3 Å². The van der Waals surface area contributed by atoms with Crippen LogP contribution >= 0.6 is 11.3 Å². The Morgan fingerprint density at radius 1 is 1.36 bits per heavy atom. The first kappa shape index (κ1) is 18.0. The third-order valence-electron chi connectivity index (χ3n) is 4.52. The first-order chi connectivity index (χ1) is 11.8. The van der Waals surface area contributed by atoms with Crippen LogP contribution in [0.2, 0.25) is 0 Å². The standard InChI is InChI=1S/C19H25N3O2S/c1-18(2,3)15-12-25-17(20-15)21-16(23)11-22-10-9-19(24,13-22)14-7-5-4-6-8-14/h4-8,12,24H,9-11,13H2,1-3H3,(H,20,21,23). The molecule has 1 aromatic carbocycles. The molecule has 3 rings (SSSR count). The summed E-state index contributed by atoms with van der Waals surface area (Å²) in [7, 11) is 0. The van der Waals surface area contributed by atoms with Gasteiger partial charge in [-0.25, -0.2) is 4.98 Å². The van der Waals surface area contributed by atoms with Crippen molar-refractivity contribution in [1.82, 2.24) is 9.88 Å². The van der Waals surface area contributed by atoms with Crippen molar-refractivity contribution in [3.05, 3.63) is 47.0 Å². The maximum Gasteiger partial charge on any atom is 0.240 e. The Balaban J connectivity index is 1.57. The Hall–Kier alpha value is -1.76. The van der Waals surface area contributed by atoms with Crippen molar-refractivity contribution in [3.63, 3.8) is 0 Å². The zero-order chi connectivity index (χ0) is 18.1. The fourth-order valence-electron chi connectivity index (χ4n) is 3.03. The second-order valence-electron chi connectivity index (χ2n) is 7.69. The Labute approximate surface area is 152 Å². The Bertz CT molecular complexity index is 739. The predicted octanol–water partition coefficient (Wildman–Crippen LogP) is 2.97. The number of aliphatic hydroxyl groups is 1. The van der Waals surface area contributed by atoms with Gasteiger partial charge in [0.15, 0.2) is 5.13 Å². The van der Waals surface area contributed by atoms with Crippen LogP contribution in [0.5, 0.6) is 0 Å². The van der Waals surface area contributed by atoms with Crippen LogP contribution in [0.3, 0.4) is 0 Å². The van der Waals surface area contributed by atoms with E-state index in [0.29, 0.717) is 24.6 Å². The second-order valence-corrected chi connectivity index (χ2v) is 8.55. The summed E-state index contributed by atoms with van der Waals surface area (Å²) in [6.07, 6.45) is 0.635. The summed E-state index contributed by atoms with van der Waals surface area (Å²) >= 11 is 1.45. The van der Waals surface area contributed by atoms with E-state index in [2.05, 4.69) is 31.1 Å². The fourth-order valence-corrected chi connectivity index (χ4v) is 3.98. The molecule has 25 heavy (non-hydrogen) atoms. The molecule has 0 spiro atoms. The van der Waals surface area contributed by atoms with E-state index in [4.69, 9.17) is 0 Å². The molecule has 0 saturated carbocycles. The number of rotatable bonds is 4. The SMILES string of the molecule is CC(C)(C)c1csc(NC(=O)CN2CCC(O)(c3ccccc3)C2)n1. The van der Waals surface area contributed by atoms with Gasteiger partial charge in [-0.1, -0.05) is 51.1 Å². The summed E-state index contributed by atoms with van der Waals surface area (Å²) in [5.74, 6) is -0.0906. The number of hydrogen-bond acceptors (Lipinski definition) is 5. The Kier molecular flexibility index (Phi) is 4.95. The van der Waals surface area contributed by atoms with Crippen molar-refractivity contribution >= 4 is 22.4 Å². The molecule has 5 nitrogen and oxygen atoms in total. The van der Waals surface area contributed by atoms with Gasteiger partial charge in [0.1, 0.15) is 5.60 Å². The highest BCUT2D eigenvalue weighted by atomic mass is 32.1. The number of nitrogens with zero attached hydrogens (tertiary/aromatic N) is 2. The topological polar surface area (TPSA) is 65.5 Å². The van der Waals surface area contributed by atoms with Crippen molar-refractivity contribution in [3.8, 4) is 0 Å². The summed E-state index contributed by atoms with van der Waals surface area (Å²) in [5.41, 5.74) is 0.989. The first-order valence-corrected chi connectivity index (χ1v) is 9.40. The molecule has 2 aromatic rings. The number of amides is 1. The number of benzene rings is 1. The van der Waals surface area contributed by atoms with Crippen molar-refractivity contribution in [2.45, 2.75) is 38.2 Å². The van der Waals surface area contributed by atoms with Gasteiger partial charge < -0.3 is 10.4 Å². The van der Waals surface area contributed by atoms with E-state index >= 15 is 0 Å². The van der Waals surface area contributed by atoms with Crippen LogP contribution in [0.1, 0.15) is 38.4 Å². The van der Waals surface area contributed by atoms with Gasteiger partial charge in [0, 0.05) is 23.9 Å². The number of hydrogen-bond donors (Lipinski definition) is 2. The lowest BCUT2D eigenvalue weighted by Gasteiger charge is -2.23. The lowest BCUT2D eigenvalue weighted by molar-refractivity contribution is -0.117. The van der Waals surface area contributed by atoms with Crippen LogP contribution in [0.4, 0.5) is 5.13 Å². The summed E-state index contributed by atoms with van der Waals surface area (Å²) in [6, 6.07) is 9.67. The van der Waals surface area contributed by atoms with E-state index in [-0.39, 0.29) is 17.9 Å². The number of nitrogens with one attached hydrogen (secondary N) is 1. The molecule has 1 aliphatic heterocycles. The summed E-state index contributed by atoms with van der Waals surface area (Å²) < 4.78 is 0. The maximum atomic E-state index is 12.3. The maximum absolute atomic E-state index is 12.3. The van der Waals surface area contributed by atoms with Gasteiger partial charge in [0.2, 0.25) is 5.91 Å². The average molecular weight is 359 g/mol. The van der Waals surface area contributed by atoms with Gasteiger partial charge in [0.25, 0.3) is 0 Å². The highest BCUT2D eigenvalue weighted by Gasteiger charge is 2.38. The molecular formula is C19H25N3O2S. The van der Waals surface area contributed by atoms with E-state index < -0.39 is 5.60 Å². The number of thiazole rings is 1.